The van der Waals surface area contributed by atoms with Crippen molar-refractivity contribution in [2.75, 3.05) is 13.7 Å². The van der Waals surface area contributed by atoms with Gasteiger partial charge in [0.1, 0.15) is 5.75 Å². The molecule has 0 aromatic heterocycles. The van der Waals surface area contributed by atoms with Crippen LogP contribution in [0.25, 0.3) is 0 Å². The molecule has 1 aromatic carbocycles. The molecule has 0 aliphatic heterocycles. The van der Waals surface area contributed by atoms with Crippen LogP contribution in [-0.4, -0.2) is 30.6 Å². The minimum Gasteiger partial charge on any atom is -0.497 e. The Hall–Kier alpha value is -2.04. The zero-order valence-electron chi connectivity index (χ0n) is 10.3. The number of amides is 1. The van der Waals surface area contributed by atoms with Crippen molar-refractivity contribution in [3.63, 3.8) is 0 Å². The molecule has 1 aromatic rings. The Bertz CT molecular complexity index is 417. The average Bonchev–Trinajstić information content (AvgIpc) is 2.34. The first kappa shape index (κ1) is 14.0. The van der Waals surface area contributed by atoms with Gasteiger partial charge < -0.3 is 15.2 Å². The molecule has 0 unspecified atom stereocenters. The summed E-state index contributed by atoms with van der Waals surface area (Å²) < 4.78 is 5.06. The van der Waals surface area contributed by atoms with Crippen LogP contribution >= 0.6 is 0 Å². The van der Waals surface area contributed by atoms with Gasteiger partial charge in [-0.1, -0.05) is 12.1 Å². The van der Waals surface area contributed by atoms with Crippen molar-refractivity contribution in [3.05, 3.63) is 29.8 Å². The number of carbonyl (C=O) groups excluding carboxylic acids is 1. The second kappa shape index (κ2) is 7.32. The summed E-state index contributed by atoms with van der Waals surface area (Å²) in [5.41, 5.74) is 0.866. The molecule has 0 saturated heterocycles. The summed E-state index contributed by atoms with van der Waals surface area (Å²) in [5.74, 6) is -0.253. The normalized spacial score (nSPS) is 9.83. The maximum absolute atomic E-state index is 11.6. The van der Waals surface area contributed by atoms with Crippen LogP contribution in [0.4, 0.5) is 0 Å². The lowest BCUT2D eigenvalue weighted by atomic mass is 10.1. The van der Waals surface area contributed by atoms with Crippen LogP contribution in [0, 0.1) is 0 Å². The molecule has 0 saturated carbocycles. The highest BCUT2D eigenvalue weighted by molar-refractivity contribution is 5.78. The van der Waals surface area contributed by atoms with E-state index in [1.807, 2.05) is 18.2 Å². The van der Waals surface area contributed by atoms with Gasteiger partial charge in [-0.3, -0.25) is 9.59 Å². The number of carboxylic acids is 1. The Kier molecular flexibility index (Phi) is 5.70. The number of benzene rings is 1. The minimum absolute atomic E-state index is 0.0689. The quantitative estimate of drug-likeness (QED) is 0.714. The van der Waals surface area contributed by atoms with E-state index in [0.717, 1.165) is 5.56 Å². The minimum atomic E-state index is -0.850. The molecule has 0 fully saturated rings. The van der Waals surface area contributed by atoms with Crippen LogP contribution in [0.2, 0.25) is 0 Å². The number of ether oxygens (including phenoxy) is 1. The van der Waals surface area contributed by atoms with Crippen molar-refractivity contribution in [1.29, 1.82) is 0 Å². The lowest BCUT2D eigenvalue weighted by Crippen LogP contribution is -2.26. The third-order valence-electron chi connectivity index (χ3n) is 2.39. The summed E-state index contributed by atoms with van der Waals surface area (Å²) in [4.78, 5) is 21.8. The number of aliphatic carboxylic acids is 1. The second-order valence-corrected chi connectivity index (χ2v) is 3.88. The van der Waals surface area contributed by atoms with E-state index in [9.17, 15) is 9.59 Å². The predicted molar refractivity (Wildman–Crippen MR) is 66.6 cm³/mol. The van der Waals surface area contributed by atoms with E-state index >= 15 is 0 Å². The summed E-state index contributed by atoms with van der Waals surface area (Å²) in [6, 6.07) is 7.29. The summed E-state index contributed by atoms with van der Waals surface area (Å²) in [5, 5.41) is 11.1. The number of carboxylic acid groups (broad SMARTS) is 1. The fourth-order valence-electron chi connectivity index (χ4n) is 1.50. The van der Waals surface area contributed by atoms with E-state index in [-0.39, 0.29) is 18.7 Å². The van der Waals surface area contributed by atoms with Gasteiger partial charge in [0, 0.05) is 13.0 Å². The van der Waals surface area contributed by atoms with Gasteiger partial charge in [-0.25, -0.2) is 0 Å². The monoisotopic (exact) mass is 251 g/mol. The van der Waals surface area contributed by atoms with Gasteiger partial charge in [-0.15, -0.1) is 0 Å². The van der Waals surface area contributed by atoms with E-state index in [1.165, 1.54) is 0 Å². The summed E-state index contributed by atoms with van der Waals surface area (Å²) >= 11 is 0. The van der Waals surface area contributed by atoms with Crippen LogP contribution in [0.1, 0.15) is 18.4 Å². The van der Waals surface area contributed by atoms with E-state index in [0.29, 0.717) is 18.7 Å². The molecule has 0 atom stereocenters. The SMILES string of the molecule is COc1cccc(CC(=O)NCCCC(=O)O)c1. The van der Waals surface area contributed by atoms with Crippen LogP contribution in [-0.2, 0) is 16.0 Å². The van der Waals surface area contributed by atoms with E-state index in [4.69, 9.17) is 9.84 Å². The first-order valence-corrected chi connectivity index (χ1v) is 5.73. The molecule has 1 rings (SSSR count). The molecule has 0 aliphatic carbocycles. The maximum atomic E-state index is 11.6. The Balaban J connectivity index is 2.33. The highest BCUT2D eigenvalue weighted by atomic mass is 16.5. The number of carbonyl (C=O) groups is 2. The Labute approximate surface area is 106 Å². The lowest BCUT2D eigenvalue weighted by molar-refractivity contribution is -0.137. The zero-order valence-corrected chi connectivity index (χ0v) is 10.3. The number of hydrogen-bond donors (Lipinski definition) is 2. The first-order chi connectivity index (χ1) is 8.61. The van der Waals surface area contributed by atoms with Crippen LogP contribution in [0.5, 0.6) is 5.75 Å². The fraction of sp³-hybridized carbons (Fsp3) is 0.385. The van der Waals surface area contributed by atoms with Gasteiger partial charge in [0.15, 0.2) is 0 Å². The largest absolute Gasteiger partial charge is 0.497 e. The van der Waals surface area contributed by atoms with Crippen molar-refractivity contribution >= 4 is 11.9 Å². The van der Waals surface area contributed by atoms with Crippen molar-refractivity contribution < 1.29 is 19.4 Å². The van der Waals surface area contributed by atoms with Crippen molar-refractivity contribution in [2.45, 2.75) is 19.3 Å². The molecule has 0 aliphatic rings. The van der Waals surface area contributed by atoms with Gasteiger partial charge >= 0.3 is 5.97 Å². The highest BCUT2D eigenvalue weighted by Crippen LogP contribution is 2.12. The third kappa shape index (κ3) is 5.34. The molecule has 1 amide bonds. The first-order valence-electron chi connectivity index (χ1n) is 5.73. The molecule has 0 radical (unpaired) electrons. The van der Waals surface area contributed by atoms with Crippen molar-refractivity contribution in [2.24, 2.45) is 0 Å². The Morgan fingerprint density at radius 2 is 2.17 bits per heavy atom. The molecular weight excluding hydrogens is 234 g/mol. The van der Waals surface area contributed by atoms with Crippen LogP contribution < -0.4 is 10.1 Å². The molecule has 98 valence electrons. The fourth-order valence-corrected chi connectivity index (χ4v) is 1.50. The molecule has 2 N–H and O–H groups in total. The van der Waals surface area contributed by atoms with Crippen molar-refractivity contribution in [1.82, 2.24) is 5.32 Å². The number of methoxy groups -OCH3 is 1. The van der Waals surface area contributed by atoms with Gasteiger partial charge in [-0.05, 0) is 24.1 Å². The molecule has 0 bridgehead atoms. The molecule has 0 heterocycles. The third-order valence-corrected chi connectivity index (χ3v) is 2.39. The summed E-state index contributed by atoms with van der Waals surface area (Å²) in [7, 11) is 1.57. The van der Waals surface area contributed by atoms with E-state index in [1.54, 1.807) is 13.2 Å². The smallest absolute Gasteiger partial charge is 0.303 e. The number of rotatable bonds is 7. The zero-order chi connectivity index (χ0) is 13.4. The van der Waals surface area contributed by atoms with Gasteiger partial charge in [0.05, 0.1) is 13.5 Å². The average molecular weight is 251 g/mol. The lowest BCUT2D eigenvalue weighted by Gasteiger charge is -2.06. The standard InChI is InChI=1S/C13H17NO4/c1-18-11-5-2-4-10(8-11)9-12(15)14-7-3-6-13(16)17/h2,4-5,8H,3,6-7,9H2,1H3,(H,14,15)(H,16,17). The van der Waals surface area contributed by atoms with Gasteiger partial charge in [0.2, 0.25) is 5.91 Å². The molecule has 5 heteroatoms. The Morgan fingerprint density at radius 3 is 2.83 bits per heavy atom. The predicted octanol–water partition coefficient (Wildman–Crippen LogP) is 1.22. The molecular formula is C13H17NO4. The molecule has 5 nitrogen and oxygen atoms in total. The van der Waals surface area contributed by atoms with Crippen LogP contribution in [0.3, 0.4) is 0 Å². The van der Waals surface area contributed by atoms with Gasteiger partial charge in [-0.2, -0.15) is 0 Å². The van der Waals surface area contributed by atoms with Crippen LogP contribution in [0.15, 0.2) is 24.3 Å². The maximum Gasteiger partial charge on any atom is 0.303 e. The van der Waals surface area contributed by atoms with Crippen molar-refractivity contribution in [3.8, 4) is 5.75 Å². The van der Waals surface area contributed by atoms with Gasteiger partial charge in [0.25, 0.3) is 0 Å². The summed E-state index contributed by atoms with van der Waals surface area (Å²) in [6.07, 6.45) is 0.781. The highest BCUT2D eigenvalue weighted by Gasteiger charge is 2.04. The number of nitrogens with one attached hydrogen (secondary N) is 1. The molecule has 18 heavy (non-hydrogen) atoms. The van der Waals surface area contributed by atoms with E-state index in [2.05, 4.69) is 5.32 Å². The second-order valence-electron chi connectivity index (χ2n) is 3.88. The molecule has 0 spiro atoms. The summed E-state index contributed by atoms with van der Waals surface area (Å²) in [6.45, 7) is 0.384. The number of hydrogen-bond acceptors (Lipinski definition) is 3. The van der Waals surface area contributed by atoms with E-state index < -0.39 is 5.97 Å². The Morgan fingerprint density at radius 1 is 1.39 bits per heavy atom. The topological polar surface area (TPSA) is 75.6 Å².